The summed E-state index contributed by atoms with van der Waals surface area (Å²) in [5, 5.41) is 15.3. The number of hydrogen-bond acceptors (Lipinski definition) is 4. The molecule has 2 saturated carbocycles. The van der Waals surface area contributed by atoms with Crippen LogP contribution in [0, 0.1) is 17.8 Å². The van der Waals surface area contributed by atoms with Crippen molar-refractivity contribution in [2.24, 2.45) is 17.8 Å². The van der Waals surface area contributed by atoms with Gasteiger partial charge in [0.15, 0.2) is 5.13 Å². The SMILES string of the molecule is O=C(O)C1C2CCC(C2)C1Nc1nccs1. The normalized spacial score (nSPS) is 36.5. The van der Waals surface area contributed by atoms with E-state index in [0.29, 0.717) is 11.8 Å². The van der Waals surface area contributed by atoms with Crippen molar-refractivity contribution in [3.63, 3.8) is 0 Å². The van der Waals surface area contributed by atoms with E-state index >= 15 is 0 Å². The number of carbonyl (C=O) groups is 1. The summed E-state index contributed by atoms with van der Waals surface area (Å²) in [5.41, 5.74) is 0. The van der Waals surface area contributed by atoms with Gasteiger partial charge in [-0.05, 0) is 31.1 Å². The van der Waals surface area contributed by atoms with E-state index in [2.05, 4.69) is 10.3 Å². The first-order chi connectivity index (χ1) is 7.75. The maximum absolute atomic E-state index is 11.3. The number of carboxylic acids is 1. The Hall–Kier alpha value is -1.10. The van der Waals surface area contributed by atoms with E-state index in [-0.39, 0.29) is 12.0 Å². The fourth-order valence-corrected chi connectivity index (χ4v) is 3.87. The van der Waals surface area contributed by atoms with Crippen LogP contribution in [0.4, 0.5) is 5.13 Å². The van der Waals surface area contributed by atoms with Crippen LogP contribution in [-0.4, -0.2) is 22.1 Å². The lowest BCUT2D eigenvalue weighted by Gasteiger charge is -2.28. The number of aromatic nitrogens is 1. The molecule has 2 aliphatic carbocycles. The van der Waals surface area contributed by atoms with Crippen molar-refractivity contribution in [3.05, 3.63) is 11.6 Å². The highest BCUT2D eigenvalue weighted by atomic mass is 32.1. The van der Waals surface area contributed by atoms with Crippen molar-refractivity contribution >= 4 is 22.4 Å². The van der Waals surface area contributed by atoms with Gasteiger partial charge in [-0.25, -0.2) is 4.98 Å². The number of carboxylic acid groups (broad SMARTS) is 1. The predicted molar refractivity (Wildman–Crippen MR) is 61.5 cm³/mol. The van der Waals surface area contributed by atoms with Crippen LogP contribution >= 0.6 is 11.3 Å². The van der Waals surface area contributed by atoms with Crippen LogP contribution < -0.4 is 5.32 Å². The molecule has 2 aliphatic rings. The second-order valence-corrected chi connectivity index (χ2v) is 5.60. The molecule has 0 spiro atoms. The van der Waals surface area contributed by atoms with Gasteiger partial charge in [0.2, 0.25) is 0 Å². The highest BCUT2D eigenvalue weighted by Crippen LogP contribution is 2.49. The number of thiazole rings is 1. The van der Waals surface area contributed by atoms with Crippen molar-refractivity contribution in [2.45, 2.75) is 25.3 Å². The third-order valence-corrected chi connectivity index (χ3v) is 4.63. The number of aliphatic carboxylic acids is 1. The van der Waals surface area contributed by atoms with E-state index in [1.807, 2.05) is 5.38 Å². The molecule has 2 bridgehead atoms. The minimum atomic E-state index is -0.652. The zero-order valence-corrected chi connectivity index (χ0v) is 9.61. The minimum Gasteiger partial charge on any atom is -0.481 e. The Morgan fingerprint density at radius 2 is 2.31 bits per heavy atom. The second-order valence-electron chi connectivity index (χ2n) is 4.70. The first-order valence-electron chi connectivity index (χ1n) is 5.64. The lowest BCUT2D eigenvalue weighted by atomic mass is 9.84. The Morgan fingerprint density at radius 3 is 3.00 bits per heavy atom. The first-order valence-corrected chi connectivity index (χ1v) is 6.52. The topological polar surface area (TPSA) is 62.2 Å². The molecule has 3 rings (SSSR count). The van der Waals surface area contributed by atoms with Crippen LogP contribution in [-0.2, 0) is 4.79 Å². The zero-order valence-electron chi connectivity index (χ0n) is 8.80. The Bertz CT molecular complexity index is 393. The summed E-state index contributed by atoms with van der Waals surface area (Å²) < 4.78 is 0. The molecule has 4 unspecified atom stereocenters. The second kappa shape index (κ2) is 3.73. The molecule has 4 nitrogen and oxygen atoms in total. The summed E-state index contributed by atoms with van der Waals surface area (Å²) in [5.74, 6) is 0.0267. The zero-order chi connectivity index (χ0) is 11.1. The molecule has 0 radical (unpaired) electrons. The average molecular weight is 238 g/mol. The monoisotopic (exact) mass is 238 g/mol. The minimum absolute atomic E-state index is 0.0856. The largest absolute Gasteiger partial charge is 0.481 e. The molecule has 2 fully saturated rings. The number of fused-ring (bicyclic) bond motifs is 2. The van der Waals surface area contributed by atoms with Crippen LogP contribution in [0.3, 0.4) is 0 Å². The number of anilines is 1. The standard InChI is InChI=1S/C11H14N2O2S/c14-10(15)8-6-1-2-7(5-6)9(8)13-11-12-3-4-16-11/h3-4,6-9H,1-2,5H2,(H,12,13)(H,14,15). The molecule has 16 heavy (non-hydrogen) atoms. The molecule has 5 heteroatoms. The number of nitrogens with zero attached hydrogens (tertiary/aromatic N) is 1. The Labute approximate surface area is 97.7 Å². The van der Waals surface area contributed by atoms with E-state index in [0.717, 1.165) is 24.4 Å². The van der Waals surface area contributed by atoms with E-state index < -0.39 is 5.97 Å². The molecule has 2 N–H and O–H groups in total. The van der Waals surface area contributed by atoms with Gasteiger partial charge in [-0.15, -0.1) is 11.3 Å². The number of rotatable bonds is 3. The summed E-state index contributed by atoms with van der Waals surface area (Å²) in [6, 6.07) is 0.0856. The van der Waals surface area contributed by atoms with Crippen molar-refractivity contribution in [3.8, 4) is 0 Å². The summed E-state index contributed by atoms with van der Waals surface area (Å²) in [6.07, 6.45) is 5.06. The smallest absolute Gasteiger partial charge is 0.308 e. The third-order valence-electron chi connectivity index (χ3n) is 3.92. The van der Waals surface area contributed by atoms with Gasteiger partial charge in [0.1, 0.15) is 0 Å². The molecule has 1 aromatic heterocycles. The third kappa shape index (κ3) is 1.50. The molecule has 0 saturated heterocycles. The summed E-state index contributed by atoms with van der Waals surface area (Å²) >= 11 is 1.54. The summed E-state index contributed by atoms with van der Waals surface area (Å²) in [6.45, 7) is 0. The molecule has 4 atom stereocenters. The van der Waals surface area contributed by atoms with Gasteiger partial charge >= 0.3 is 5.97 Å². The van der Waals surface area contributed by atoms with Gasteiger partial charge in [-0.3, -0.25) is 4.79 Å². The van der Waals surface area contributed by atoms with E-state index in [9.17, 15) is 9.90 Å². The number of nitrogens with one attached hydrogen (secondary N) is 1. The Balaban J connectivity index is 1.80. The summed E-state index contributed by atoms with van der Waals surface area (Å²) in [4.78, 5) is 15.4. The van der Waals surface area contributed by atoms with Crippen molar-refractivity contribution in [1.82, 2.24) is 4.98 Å². The first kappa shape index (κ1) is 10.1. The van der Waals surface area contributed by atoms with Gasteiger partial charge in [0.05, 0.1) is 5.92 Å². The van der Waals surface area contributed by atoms with Crippen LogP contribution in [0.5, 0.6) is 0 Å². The maximum atomic E-state index is 11.3. The highest BCUT2D eigenvalue weighted by molar-refractivity contribution is 7.13. The van der Waals surface area contributed by atoms with Crippen molar-refractivity contribution in [1.29, 1.82) is 0 Å². The quantitative estimate of drug-likeness (QED) is 0.846. The van der Waals surface area contributed by atoms with Crippen molar-refractivity contribution < 1.29 is 9.90 Å². The number of hydrogen-bond donors (Lipinski definition) is 2. The lowest BCUT2D eigenvalue weighted by Crippen LogP contribution is -2.39. The van der Waals surface area contributed by atoms with Crippen LogP contribution in [0.1, 0.15) is 19.3 Å². The average Bonchev–Trinajstić information content (AvgIpc) is 2.90. The van der Waals surface area contributed by atoms with Gasteiger partial charge in [0, 0.05) is 17.6 Å². The Kier molecular flexibility index (Phi) is 2.35. The predicted octanol–water partition coefficient (Wildman–Crippen LogP) is 2.05. The molecule has 86 valence electrons. The fourth-order valence-electron chi connectivity index (χ4n) is 3.29. The van der Waals surface area contributed by atoms with Gasteiger partial charge in [0.25, 0.3) is 0 Å². The molecule has 1 heterocycles. The van der Waals surface area contributed by atoms with E-state index in [1.165, 1.54) is 11.3 Å². The van der Waals surface area contributed by atoms with Crippen LogP contribution in [0.15, 0.2) is 11.6 Å². The molecule has 0 amide bonds. The maximum Gasteiger partial charge on any atom is 0.308 e. The van der Waals surface area contributed by atoms with Gasteiger partial charge in [-0.1, -0.05) is 0 Å². The van der Waals surface area contributed by atoms with Crippen LogP contribution in [0.25, 0.3) is 0 Å². The van der Waals surface area contributed by atoms with Gasteiger partial charge < -0.3 is 10.4 Å². The molecular formula is C11H14N2O2S. The molecule has 0 aromatic carbocycles. The molecule has 1 aromatic rings. The Morgan fingerprint density at radius 1 is 1.50 bits per heavy atom. The fraction of sp³-hybridized carbons (Fsp3) is 0.636. The molecule has 0 aliphatic heterocycles. The van der Waals surface area contributed by atoms with E-state index in [4.69, 9.17) is 0 Å². The van der Waals surface area contributed by atoms with Crippen LogP contribution in [0.2, 0.25) is 0 Å². The molecular weight excluding hydrogens is 224 g/mol. The van der Waals surface area contributed by atoms with E-state index in [1.54, 1.807) is 6.20 Å². The highest BCUT2D eigenvalue weighted by Gasteiger charge is 2.51. The summed E-state index contributed by atoms with van der Waals surface area (Å²) in [7, 11) is 0. The van der Waals surface area contributed by atoms with Gasteiger partial charge in [-0.2, -0.15) is 0 Å². The van der Waals surface area contributed by atoms with Crippen molar-refractivity contribution in [2.75, 3.05) is 5.32 Å². The lowest BCUT2D eigenvalue weighted by molar-refractivity contribution is -0.143.